The third-order valence-corrected chi connectivity index (χ3v) is 6.01. The molecule has 122 valence electrons. The second-order valence-electron chi connectivity index (χ2n) is 7.29. The SMILES string of the molecule is c1ccc2c(c1)CCn1c(cc3ccccc31)C2C1CCNCC1. The van der Waals surface area contributed by atoms with Crippen LogP contribution in [0.5, 0.6) is 0 Å². The fourth-order valence-electron chi connectivity index (χ4n) is 4.87. The molecule has 2 aliphatic heterocycles. The monoisotopic (exact) mass is 316 g/mol. The van der Waals surface area contributed by atoms with E-state index in [2.05, 4.69) is 64.5 Å². The van der Waals surface area contributed by atoms with E-state index in [1.807, 2.05) is 0 Å². The molecular formula is C22H24N2. The number of piperidine rings is 1. The zero-order valence-corrected chi connectivity index (χ0v) is 14.0. The average Bonchev–Trinajstić information content (AvgIpc) is 2.92. The van der Waals surface area contributed by atoms with Gasteiger partial charge in [-0.3, -0.25) is 0 Å². The summed E-state index contributed by atoms with van der Waals surface area (Å²) in [6.45, 7) is 3.41. The maximum Gasteiger partial charge on any atom is 0.0482 e. The molecule has 1 unspecified atom stereocenters. The molecule has 0 saturated carbocycles. The molecule has 3 heterocycles. The molecule has 24 heavy (non-hydrogen) atoms. The molecular weight excluding hydrogens is 292 g/mol. The third-order valence-electron chi connectivity index (χ3n) is 6.01. The van der Waals surface area contributed by atoms with Crippen molar-refractivity contribution < 1.29 is 0 Å². The van der Waals surface area contributed by atoms with Gasteiger partial charge in [0, 0.05) is 23.7 Å². The number of hydrogen-bond donors (Lipinski definition) is 1. The Kier molecular flexibility index (Phi) is 3.45. The van der Waals surface area contributed by atoms with Crippen LogP contribution >= 0.6 is 0 Å². The van der Waals surface area contributed by atoms with Gasteiger partial charge in [0.1, 0.15) is 0 Å². The quantitative estimate of drug-likeness (QED) is 0.707. The molecule has 1 atom stereocenters. The molecule has 0 amide bonds. The van der Waals surface area contributed by atoms with Crippen molar-refractivity contribution in [2.24, 2.45) is 5.92 Å². The lowest BCUT2D eigenvalue weighted by Gasteiger charge is -2.31. The maximum absolute atomic E-state index is 3.54. The lowest BCUT2D eigenvalue weighted by molar-refractivity contribution is 0.337. The van der Waals surface area contributed by atoms with Crippen molar-refractivity contribution in [3.63, 3.8) is 0 Å². The van der Waals surface area contributed by atoms with Gasteiger partial charge in [0.25, 0.3) is 0 Å². The summed E-state index contributed by atoms with van der Waals surface area (Å²) >= 11 is 0. The third kappa shape index (κ3) is 2.21. The number of nitrogens with one attached hydrogen (secondary N) is 1. The Morgan fingerprint density at radius 2 is 1.71 bits per heavy atom. The molecule has 2 heteroatoms. The van der Waals surface area contributed by atoms with Gasteiger partial charge in [-0.1, -0.05) is 42.5 Å². The van der Waals surface area contributed by atoms with Crippen molar-refractivity contribution in [1.29, 1.82) is 0 Å². The Morgan fingerprint density at radius 1 is 0.917 bits per heavy atom. The van der Waals surface area contributed by atoms with Gasteiger partial charge in [-0.05, 0) is 66.9 Å². The summed E-state index contributed by atoms with van der Waals surface area (Å²) in [7, 11) is 0. The van der Waals surface area contributed by atoms with E-state index in [1.165, 1.54) is 29.4 Å². The predicted octanol–water partition coefficient (Wildman–Crippen LogP) is 4.33. The molecule has 2 aliphatic rings. The number of aromatic nitrogens is 1. The topological polar surface area (TPSA) is 17.0 Å². The van der Waals surface area contributed by atoms with Gasteiger partial charge in [-0.25, -0.2) is 0 Å². The molecule has 0 aliphatic carbocycles. The lowest BCUT2D eigenvalue weighted by atomic mass is 9.77. The standard InChI is InChI=1S/C22H24N2/c1-3-7-19-16(5-1)11-14-24-20-8-4-2-6-18(20)15-21(24)22(19)17-9-12-23-13-10-17/h1-8,15,17,22-23H,9-14H2. The Bertz CT molecular complexity index is 871. The van der Waals surface area contributed by atoms with Gasteiger partial charge >= 0.3 is 0 Å². The minimum absolute atomic E-state index is 0.540. The van der Waals surface area contributed by atoms with Crippen molar-refractivity contribution in [3.05, 3.63) is 71.4 Å². The van der Waals surface area contributed by atoms with Gasteiger partial charge in [0.05, 0.1) is 0 Å². The van der Waals surface area contributed by atoms with Crippen molar-refractivity contribution >= 4 is 10.9 Å². The number of hydrogen-bond acceptors (Lipinski definition) is 1. The van der Waals surface area contributed by atoms with Gasteiger partial charge in [0.2, 0.25) is 0 Å². The van der Waals surface area contributed by atoms with Crippen molar-refractivity contribution in [2.75, 3.05) is 13.1 Å². The molecule has 1 saturated heterocycles. The molecule has 1 N–H and O–H groups in total. The lowest BCUT2D eigenvalue weighted by Crippen LogP contribution is -2.31. The van der Waals surface area contributed by atoms with E-state index in [0.717, 1.165) is 32.0 Å². The van der Waals surface area contributed by atoms with Crippen LogP contribution in [0.25, 0.3) is 10.9 Å². The van der Waals surface area contributed by atoms with Crippen LogP contribution in [0, 0.1) is 5.92 Å². The summed E-state index contributed by atoms with van der Waals surface area (Å²) in [6.07, 6.45) is 3.70. The zero-order chi connectivity index (χ0) is 15.9. The summed E-state index contributed by atoms with van der Waals surface area (Å²) in [4.78, 5) is 0. The van der Waals surface area contributed by atoms with E-state index in [1.54, 1.807) is 11.1 Å². The fraction of sp³-hybridized carbons (Fsp3) is 0.364. The van der Waals surface area contributed by atoms with Crippen LogP contribution in [0.4, 0.5) is 0 Å². The smallest absolute Gasteiger partial charge is 0.0482 e. The van der Waals surface area contributed by atoms with Crippen LogP contribution < -0.4 is 5.32 Å². The first-order valence-corrected chi connectivity index (χ1v) is 9.28. The van der Waals surface area contributed by atoms with Crippen molar-refractivity contribution in [1.82, 2.24) is 9.88 Å². The number of aryl methyl sites for hydroxylation is 2. The summed E-state index contributed by atoms with van der Waals surface area (Å²) in [5.74, 6) is 1.28. The number of rotatable bonds is 1. The van der Waals surface area contributed by atoms with E-state index in [0.29, 0.717) is 5.92 Å². The van der Waals surface area contributed by atoms with Crippen LogP contribution in [0.3, 0.4) is 0 Å². The second-order valence-corrected chi connectivity index (χ2v) is 7.29. The molecule has 5 rings (SSSR count). The van der Waals surface area contributed by atoms with Gasteiger partial charge in [-0.15, -0.1) is 0 Å². The fourth-order valence-corrected chi connectivity index (χ4v) is 4.87. The number of nitrogens with zero attached hydrogens (tertiary/aromatic N) is 1. The first-order valence-electron chi connectivity index (χ1n) is 9.28. The van der Waals surface area contributed by atoms with Crippen molar-refractivity contribution in [3.8, 4) is 0 Å². The Labute approximate surface area is 143 Å². The van der Waals surface area contributed by atoms with Crippen LogP contribution in [0.15, 0.2) is 54.6 Å². The first kappa shape index (κ1) is 14.3. The number of fused-ring (bicyclic) bond motifs is 4. The highest BCUT2D eigenvalue weighted by atomic mass is 15.0. The molecule has 0 radical (unpaired) electrons. The first-order chi connectivity index (χ1) is 11.9. The number of benzene rings is 2. The molecule has 2 nitrogen and oxygen atoms in total. The molecule has 0 spiro atoms. The van der Waals surface area contributed by atoms with Crippen LogP contribution in [-0.2, 0) is 13.0 Å². The summed E-state index contributed by atoms with van der Waals surface area (Å²) in [6, 6.07) is 20.5. The minimum atomic E-state index is 0.540. The van der Waals surface area contributed by atoms with Gasteiger partial charge in [-0.2, -0.15) is 0 Å². The normalized spacial score (nSPS) is 21.2. The van der Waals surface area contributed by atoms with Crippen molar-refractivity contribution in [2.45, 2.75) is 31.7 Å². The van der Waals surface area contributed by atoms with Crippen LogP contribution in [0.2, 0.25) is 0 Å². The highest BCUT2D eigenvalue weighted by Gasteiger charge is 2.32. The summed E-state index contributed by atoms with van der Waals surface area (Å²) < 4.78 is 2.60. The van der Waals surface area contributed by atoms with E-state index >= 15 is 0 Å². The summed E-state index contributed by atoms with van der Waals surface area (Å²) in [5, 5.41) is 4.93. The number of para-hydroxylation sites is 1. The zero-order valence-electron chi connectivity index (χ0n) is 14.0. The van der Waals surface area contributed by atoms with E-state index < -0.39 is 0 Å². The van der Waals surface area contributed by atoms with E-state index in [4.69, 9.17) is 0 Å². The highest BCUT2D eigenvalue weighted by molar-refractivity contribution is 5.82. The molecule has 3 aromatic rings. The Morgan fingerprint density at radius 3 is 2.62 bits per heavy atom. The molecule has 0 bridgehead atoms. The van der Waals surface area contributed by atoms with Crippen LogP contribution in [0.1, 0.15) is 35.6 Å². The van der Waals surface area contributed by atoms with E-state index in [9.17, 15) is 0 Å². The maximum atomic E-state index is 3.54. The Balaban J connectivity index is 1.73. The minimum Gasteiger partial charge on any atom is -0.344 e. The average molecular weight is 316 g/mol. The summed E-state index contributed by atoms with van der Waals surface area (Å²) in [5.41, 5.74) is 6.06. The molecule has 2 aromatic carbocycles. The predicted molar refractivity (Wildman–Crippen MR) is 99.5 cm³/mol. The van der Waals surface area contributed by atoms with Crippen LogP contribution in [-0.4, -0.2) is 17.7 Å². The Hall–Kier alpha value is -2.06. The van der Waals surface area contributed by atoms with Gasteiger partial charge in [0.15, 0.2) is 0 Å². The van der Waals surface area contributed by atoms with E-state index in [-0.39, 0.29) is 0 Å². The largest absolute Gasteiger partial charge is 0.344 e. The molecule has 1 aromatic heterocycles. The second kappa shape index (κ2) is 5.78. The van der Waals surface area contributed by atoms with Gasteiger partial charge < -0.3 is 9.88 Å². The highest BCUT2D eigenvalue weighted by Crippen LogP contribution is 2.42. The molecule has 1 fully saturated rings.